The van der Waals surface area contributed by atoms with Crippen molar-refractivity contribution in [1.82, 2.24) is 29.9 Å². The summed E-state index contributed by atoms with van der Waals surface area (Å²) in [4.78, 5) is 25.9. The predicted octanol–water partition coefficient (Wildman–Crippen LogP) is 6.39. The molecule has 44 heavy (non-hydrogen) atoms. The normalized spacial score (nSPS) is 10.2. The Morgan fingerprint density at radius 3 is 1.86 bits per heavy atom. The van der Waals surface area contributed by atoms with Crippen molar-refractivity contribution in [1.29, 1.82) is 0 Å². The molecule has 0 saturated heterocycles. The molecular formula is C28H28Cl2F2N8O2S2. The van der Waals surface area contributed by atoms with Gasteiger partial charge >= 0.3 is 0 Å². The summed E-state index contributed by atoms with van der Waals surface area (Å²) in [5, 5.41) is 3.60. The van der Waals surface area contributed by atoms with Crippen LogP contribution in [-0.2, 0) is 12.8 Å². The van der Waals surface area contributed by atoms with Gasteiger partial charge in [-0.05, 0) is 42.6 Å². The minimum absolute atomic E-state index is 0. The number of hydrogen-bond donors (Lipinski definition) is 2. The Kier molecular flexibility index (Phi) is 13.8. The van der Waals surface area contributed by atoms with E-state index in [4.69, 9.17) is 26.8 Å². The number of thiazole rings is 2. The lowest BCUT2D eigenvalue weighted by atomic mass is 10.1. The Morgan fingerprint density at radius 2 is 1.32 bits per heavy atom. The molecule has 0 bridgehead atoms. The number of methoxy groups -OCH3 is 2. The summed E-state index contributed by atoms with van der Waals surface area (Å²) >= 11 is 8.61. The lowest BCUT2D eigenvalue weighted by Crippen LogP contribution is -2.08. The lowest BCUT2D eigenvalue weighted by Gasteiger charge is -2.07. The number of rotatable bonds is 8. The summed E-state index contributed by atoms with van der Waals surface area (Å²) in [5.41, 5.74) is 11.4. The van der Waals surface area contributed by atoms with Crippen molar-refractivity contribution in [3.05, 3.63) is 88.0 Å². The maximum Gasteiger partial charge on any atom is 0.159 e. The number of hydrogen-bond acceptors (Lipinski definition) is 12. The second-order valence-corrected chi connectivity index (χ2v) is 10.6. The van der Waals surface area contributed by atoms with Crippen LogP contribution in [0.4, 0.5) is 14.6 Å². The average Bonchev–Trinajstić information content (AvgIpc) is 3.71. The third kappa shape index (κ3) is 9.34. The molecule has 4 aromatic heterocycles. The van der Waals surface area contributed by atoms with Crippen LogP contribution < -0.4 is 20.5 Å². The summed E-state index contributed by atoms with van der Waals surface area (Å²) in [5.74, 6) is 1.21. The number of ether oxygens (including phenoxy) is 2. The maximum atomic E-state index is 13.8. The fourth-order valence-corrected chi connectivity index (χ4v) is 5.17. The van der Waals surface area contributed by atoms with Crippen molar-refractivity contribution >= 4 is 73.2 Å². The highest BCUT2D eigenvalue weighted by Gasteiger charge is 2.08. The number of nitrogens with two attached hydrogens (primary N) is 1. The molecule has 6 aromatic rings. The molecule has 2 aromatic carbocycles. The molecule has 0 unspecified atom stereocenters. The standard InChI is InChI=1S/C14H13FN4OS.C9H12FNO.C5H2ClN3S.ClH/c1-20-10-3-2-9(11(15)6-10)4-5-16-13-12-14(18-7-17-13)21-8-19-12;1-12-8-3-2-7(4-5-11)9(10)6-8;6-4-3-5(8-1-7-4)10-2-9-3;/h2-3,6-8H,4-5H2,1H3,(H,16,17,18);2-3,6H,4-5,11H2,1H3;1-2H;1H. The molecular weight excluding hydrogens is 653 g/mol. The first-order chi connectivity index (χ1) is 20.9. The minimum Gasteiger partial charge on any atom is -0.497 e. The van der Waals surface area contributed by atoms with Crippen molar-refractivity contribution in [3.8, 4) is 11.5 Å². The van der Waals surface area contributed by atoms with E-state index in [1.165, 1.54) is 61.7 Å². The summed E-state index contributed by atoms with van der Waals surface area (Å²) in [6.07, 6.45) is 4.04. The molecule has 0 aliphatic carbocycles. The summed E-state index contributed by atoms with van der Waals surface area (Å²) in [7, 11) is 3.03. The zero-order valence-corrected chi connectivity index (χ0v) is 26.7. The summed E-state index contributed by atoms with van der Waals surface area (Å²) in [6, 6.07) is 9.66. The highest BCUT2D eigenvalue weighted by Crippen LogP contribution is 2.22. The highest BCUT2D eigenvalue weighted by molar-refractivity contribution is 7.16. The van der Waals surface area contributed by atoms with E-state index in [1.54, 1.807) is 35.3 Å². The second-order valence-electron chi connectivity index (χ2n) is 8.53. The zero-order valence-electron chi connectivity index (χ0n) is 23.5. The van der Waals surface area contributed by atoms with E-state index in [-0.39, 0.29) is 24.0 Å². The van der Waals surface area contributed by atoms with Crippen LogP contribution in [0.2, 0.25) is 5.15 Å². The fraction of sp³-hybridized carbons (Fsp3) is 0.214. The maximum absolute atomic E-state index is 13.8. The third-order valence-electron chi connectivity index (χ3n) is 5.85. The number of anilines is 1. The number of nitrogens with zero attached hydrogens (tertiary/aromatic N) is 6. The van der Waals surface area contributed by atoms with Crippen molar-refractivity contribution < 1.29 is 18.3 Å². The Labute approximate surface area is 271 Å². The van der Waals surface area contributed by atoms with Gasteiger partial charge in [-0.3, -0.25) is 0 Å². The number of aromatic nitrogens is 6. The van der Waals surface area contributed by atoms with Gasteiger partial charge in [-0.2, -0.15) is 0 Å². The monoisotopic (exact) mass is 680 g/mol. The first-order valence-corrected chi connectivity index (χ1v) is 14.9. The molecule has 0 atom stereocenters. The van der Waals surface area contributed by atoms with E-state index in [9.17, 15) is 8.78 Å². The van der Waals surface area contributed by atoms with Crippen LogP contribution in [-0.4, -0.2) is 57.2 Å². The number of benzene rings is 2. The van der Waals surface area contributed by atoms with Crippen molar-refractivity contribution in [2.45, 2.75) is 12.8 Å². The molecule has 0 saturated carbocycles. The van der Waals surface area contributed by atoms with Gasteiger partial charge in [-0.1, -0.05) is 23.7 Å². The van der Waals surface area contributed by atoms with Gasteiger partial charge < -0.3 is 20.5 Å². The van der Waals surface area contributed by atoms with Gasteiger partial charge in [0.25, 0.3) is 0 Å². The quantitative estimate of drug-likeness (QED) is 0.174. The first kappa shape index (κ1) is 34.7. The van der Waals surface area contributed by atoms with E-state index in [2.05, 4.69) is 35.2 Å². The van der Waals surface area contributed by atoms with E-state index < -0.39 is 0 Å². The summed E-state index contributed by atoms with van der Waals surface area (Å²) in [6.45, 7) is 1.02. The average molecular weight is 682 g/mol. The first-order valence-electron chi connectivity index (χ1n) is 12.8. The van der Waals surface area contributed by atoms with Crippen molar-refractivity contribution in [3.63, 3.8) is 0 Å². The van der Waals surface area contributed by atoms with Crippen molar-refractivity contribution in [2.75, 3.05) is 32.6 Å². The number of fused-ring (bicyclic) bond motifs is 2. The second kappa shape index (κ2) is 17.5. The predicted molar refractivity (Wildman–Crippen MR) is 174 cm³/mol. The largest absolute Gasteiger partial charge is 0.497 e. The van der Waals surface area contributed by atoms with Gasteiger partial charge in [0.05, 0.1) is 25.2 Å². The Balaban J connectivity index is 0.000000195. The Bertz CT molecular complexity index is 1780. The molecule has 16 heteroatoms. The van der Waals surface area contributed by atoms with E-state index in [0.29, 0.717) is 65.0 Å². The molecule has 4 heterocycles. The third-order valence-corrected chi connectivity index (χ3v) is 7.59. The SMILES string of the molecule is COc1ccc(CCN)c(F)c1.COc1ccc(CCNc2ncnc3scnc23)c(F)c1.Cl.Clc1ncnc2scnc12. The Morgan fingerprint density at radius 1 is 0.773 bits per heavy atom. The van der Waals surface area contributed by atoms with Gasteiger partial charge in [-0.15, -0.1) is 35.1 Å². The topological polar surface area (TPSA) is 134 Å². The minimum atomic E-state index is -0.266. The fourth-order valence-electron chi connectivity index (χ4n) is 3.68. The van der Waals surface area contributed by atoms with Crippen LogP contribution in [0.3, 0.4) is 0 Å². The van der Waals surface area contributed by atoms with Crippen LogP contribution in [0, 0.1) is 11.6 Å². The smallest absolute Gasteiger partial charge is 0.159 e. The lowest BCUT2D eigenvalue weighted by molar-refractivity contribution is 0.410. The van der Waals surface area contributed by atoms with Gasteiger partial charge in [0.2, 0.25) is 0 Å². The van der Waals surface area contributed by atoms with Gasteiger partial charge in [0.15, 0.2) is 11.0 Å². The summed E-state index contributed by atoms with van der Waals surface area (Å²) < 4.78 is 36.8. The van der Waals surface area contributed by atoms with Crippen LogP contribution >= 0.6 is 46.7 Å². The van der Waals surface area contributed by atoms with Crippen LogP contribution in [0.1, 0.15) is 11.1 Å². The van der Waals surface area contributed by atoms with E-state index >= 15 is 0 Å². The highest BCUT2D eigenvalue weighted by atomic mass is 35.5. The van der Waals surface area contributed by atoms with Crippen LogP contribution in [0.25, 0.3) is 20.7 Å². The van der Waals surface area contributed by atoms with Gasteiger partial charge in [-0.25, -0.2) is 38.7 Å². The van der Waals surface area contributed by atoms with E-state index in [0.717, 1.165) is 15.2 Å². The number of nitrogens with one attached hydrogen (secondary N) is 1. The van der Waals surface area contributed by atoms with Gasteiger partial charge in [0, 0.05) is 18.7 Å². The molecule has 10 nitrogen and oxygen atoms in total. The van der Waals surface area contributed by atoms with Crippen LogP contribution in [0.15, 0.2) is 60.1 Å². The molecule has 0 aliphatic heterocycles. The van der Waals surface area contributed by atoms with Crippen molar-refractivity contribution in [2.24, 2.45) is 5.73 Å². The Hall–Kier alpha value is -3.82. The molecule has 6 rings (SSSR count). The number of halogens is 4. The van der Waals surface area contributed by atoms with Gasteiger partial charge in [0.1, 0.15) is 56.5 Å². The van der Waals surface area contributed by atoms with E-state index in [1.807, 2.05) is 0 Å². The molecule has 3 N–H and O–H groups in total. The molecule has 0 radical (unpaired) electrons. The molecule has 0 spiro atoms. The molecule has 0 fully saturated rings. The zero-order chi connectivity index (χ0) is 30.6. The molecule has 232 valence electrons. The molecule has 0 amide bonds. The van der Waals surface area contributed by atoms with Crippen LogP contribution in [0.5, 0.6) is 11.5 Å². The molecule has 0 aliphatic rings.